The lowest BCUT2D eigenvalue weighted by Crippen LogP contribution is -2.31. The van der Waals surface area contributed by atoms with Crippen molar-refractivity contribution < 1.29 is 19.7 Å². The Morgan fingerprint density at radius 1 is 1.00 bits per heavy atom. The summed E-state index contributed by atoms with van der Waals surface area (Å²) in [6, 6.07) is 13.1. The van der Waals surface area contributed by atoms with E-state index in [1.165, 1.54) is 19.9 Å². The first-order chi connectivity index (χ1) is 9.39. The van der Waals surface area contributed by atoms with Gasteiger partial charge in [0, 0.05) is 0 Å². The van der Waals surface area contributed by atoms with Gasteiger partial charge in [0.25, 0.3) is 0 Å². The van der Waals surface area contributed by atoms with E-state index in [0.717, 1.165) is 0 Å². The summed E-state index contributed by atoms with van der Waals surface area (Å²) in [6.45, 7) is 2.85. The number of ketones is 1. The molecule has 0 spiro atoms. The molecule has 2 aromatic carbocycles. The number of carbonyl (C=O) groups excluding carboxylic acids is 1. The molecular formula is C16H16O4. The van der Waals surface area contributed by atoms with E-state index in [0.29, 0.717) is 5.75 Å². The lowest BCUT2D eigenvalue weighted by molar-refractivity contribution is 0.0485. The summed E-state index contributed by atoms with van der Waals surface area (Å²) in [5.41, 5.74) is -1.22. The first-order valence-electron chi connectivity index (χ1n) is 6.21. The minimum absolute atomic E-state index is 0.0157. The molecule has 104 valence electrons. The highest BCUT2D eigenvalue weighted by Gasteiger charge is 2.28. The average Bonchev–Trinajstić information content (AvgIpc) is 2.40. The van der Waals surface area contributed by atoms with Gasteiger partial charge in [0.1, 0.15) is 11.4 Å². The quantitative estimate of drug-likeness (QED) is 0.839. The Morgan fingerprint density at radius 3 is 2.15 bits per heavy atom. The van der Waals surface area contributed by atoms with Crippen molar-refractivity contribution in [3.63, 3.8) is 0 Å². The van der Waals surface area contributed by atoms with E-state index in [9.17, 15) is 15.0 Å². The number of ether oxygens (including phenoxy) is 1. The fourth-order valence-electron chi connectivity index (χ4n) is 1.73. The van der Waals surface area contributed by atoms with Gasteiger partial charge >= 0.3 is 0 Å². The molecule has 20 heavy (non-hydrogen) atoms. The molecule has 0 radical (unpaired) electrons. The molecule has 0 saturated carbocycles. The van der Waals surface area contributed by atoms with Crippen molar-refractivity contribution in [2.75, 3.05) is 0 Å². The molecule has 0 heterocycles. The monoisotopic (exact) mass is 272 g/mol. The van der Waals surface area contributed by atoms with Crippen molar-refractivity contribution in [3.05, 3.63) is 54.1 Å². The normalized spacial score (nSPS) is 11.2. The zero-order valence-electron chi connectivity index (χ0n) is 11.3. The molecule has 0 aromatic heterocycles. The molecule has 0 aliphatic carbocycles. The van der Waals surface area contributed by atoms with Gasteiger partial charge in [-0.1, -0.05) is 24.3 Å². The van der Waals surface area contributed by atoms with Gasteiger partial charge in [0.2, 0.25) is 0 Å². The average molecular weight is 272 g/mol. The van der Waals surface area contributed by atoms with Crippen LogP contribution in [0.2, 0.25) is 0 Å². The van der Waals surface area contributed by atoms with Gasteiger partial charge in [0.15, 0.2) is 17.3 Å². The van der Waals surface area contributed by atoms with Gasteiger partial charge < -0.3 is 14.9 Å². The number of aliphatic hydroxyl groups is 1. The third-order valence-corrected chi connectivity index (χ3v) is 2.77. The third-order valence-electron chi connectivity index (χ3n) is 2.77. The van der Waals surface area contributed by atoms with E-state index in [1.54, 1.807) is 42.5 Å². The number of carbonyl (C=O) groups is 1. The zero-order chi connectivity index (χ0) is 14.8. The number of benzene rings is 2. The Hall–Kier alpha value is -2.33. The zero-order valence-corrected chi connectivity index (χ0v) is 11.3. The van der Waals surface area contributed by atoms with Crippen LogP contribution in [0.5, 0.6) is 17.2 Å². The van der Waals surface area contributed by atoms with Crippen LogP contribution in [-0.2, 0) is 0 Å². The largest absolute Gasteiger partial charge is 0.504 e. The highest BCUT2D eigenvalue weighted by molar-refractivity contribution is 6.04. The Kier molecular flexibility index (Phi) is 3.77. The fraction of sp³-hybridized carbons (Fsp3) is 0.188. The number of para-hydroxylation sites is 3. The summed E-state index contributed by atoms with van der Waals surface area (Å²) in [6.07, 6.45) is 0. The highest BCUT2D eigenvalue weighted by atomic mass is 16.5. The number of hydrogen-bond donors (Lipinski definition) is 2. The van der Waals surface area contributed by atoms with Crippen molar-refractivity contribution in [1.29, 1.82) is 0 Å². The number of aromatic hydroxyl groups is 1. The highest BCUT2D eigenvalue weighted by Crippen LogP contribution is 2.33. The van der Waals surface area contributed by atoms with Crippen molar-refractivity contribution >= 4 is 5.78 Å². The minimum atomic E-state index is -1.49. The lowest BCUT2D eigenvalue weighted by Gasteiger charge is -2.18. The number of phenols is 1. The standard InChI is InChI=1S/C16H16O4/c1-16(2,19)15(18)11-7-3-5-9-13(11)20-14-10-6-4-8-12(14)17/h3-10,17,19H,1-2H3. The third kappa shape index (κ3) is 2.97. The fourth-order valence-corrected chi connectivity index (χ4v) is 1.73. The van der Waals surface area contributed by atoms with Crippen molar-refractivity contribution in [1.82, 2.24) is 0 Å². The van der Waals surface area contributed by atoms with Gasteiger partial charge in [-0.15, -0.1) is 0 Å². The first kappa shape index (κ1) is 14.1. The van der Waals surface area contributed by atoms with E-state index in [-0.39, 0.29) is 17.1 Å². The maximum atomic E-state index is 12.2. The van der Waals surface area contributed by atoms with Gasteiger partial charge in [-0.25, -0.2) is 0 Å². The van der Waals surface area contributed by atoms with Crippen LogP contribution in [-0.4, -0.2) is 21.6 Å². The number of hydrogen-bond acceptors (Lipinski definition) is 4. The summed E-state index contributed by atoms with van der Waals surface area (Å²) in [5.74, 6) is 0.0890. The first-order valence-corrected chi connectivity index (χ1v) is 6.21. The summed E-state index contributed by atoms with van der Waals surface area (Å²) in [7, 11) is 0. The van der Waals surface area contributed by atoms with Gasteiger partial charge in [-0.3, -0.25) is 4.79 Å². The van der Waals surface area contributed by atoms with E-state index < -0.39 is 11.4 Å². The van der Waals surface area contributed by atoms with Crippen LogP contribution in [0.1, 0.15) is 24.2 Å². The van der Waals surface area contributed by atoms with E-state index in [1.807, 2.05) is 0 Å². The Balaban J connectivity index is 2.39. The van der Waals surface area contributed by atoms with Crippen LogP contribution in [0.15, 0.2) is 48.5 Å². The number of phenolic OH excluding ortho intramolecular Hbond substituents is 1. The molecule has 2 aromatic rings. The molecule has 0 aliphatic rings. The van der Waals surface area contributed by atoms with E-state index in [4.69, 9.17) is 4.74 Å². The molecule has 0 amide bonds. The van der Waals surface area contributed by atoms with Crippen LogP contribution in [0.25, 0.3) is 0 Å². The summed E-state index contributed by atoms with van der Waals surface area (Å²) in [5, 5.41) is 19.5. The Morgan fingerprint density at radius 2 is 1.55 bits per heavy atom. The van der Waals surface area contributed by atoms with Gasteiger partial charge in [-0.2, -0.15) is 0 Å². The molecule has 0 atom stereocenters. The second kappa shape index (κ2) is 5.35. The summed E-state index contributed by atoms with van der Waals surface area (Å²) in [4.78, 5) is 12.2. The van der Waals surface area contributed by atoms with Crippen LogP contribution >= 0.6 is 0 Å². The van der Waals surface area contributed by atoms with E-state index >= 15 is 0 Å². The maximum absolute atomic E-state index is 12.2. The van der Waals surface area contributed by atoms with Crippen molar-refractivity contribution in [2.24, 2.45) is 0 Å². The molecule has 0 saturated heterocycles. The molecule has 2 N–H and O–H groups in total. The number of rotatable bonds is 4. The SMILES string of the molecule is CC(C)(O)C(=O)c1ccccc1Oc1ccccc1O. The summed E-state index contributed by atoms with van der Waals surface area (Å²) < 4.78 is 5.57. The minimum Gasteiger partial charge on any atom is -0.504 e. The second-order valence-electron chi connectivity index (χ2n) is 4.95. The topological polar surface area (TPSA) is 66.8 Å². The lowest BCUT2D eigenvalue weighted by atomic mass is 9.96. The van der Waals surface area contributed by atoms with Crippen LogP contribution in [0.4, 0.5) is 0 Å². The molecule has 0 aliphatic heterocycles. The molecule has 4 heteroatoms. The van der Waals surface area contributed by atoms with Crippen molar-refractivity contribution in [3.8, 4) is 17.2 Å². The molecule has 0 fully saturated rings. The molecule has 0 unspecified atom stereocenters. The second-order valence-corrected chi connectivity index (χ2v) is 4.95. The Bertz CT molecular complexity index is 626. The predicted molar refractivity (Wildman–Crippen MR) is 75.3 cm³/mol. The van der Waals surface area contributed by atoms with Gasteiger partial charge in [0.05, 0.1) is 5.56 Å². The summed E-state index contributed by atoms with van der Waals surface area (Å²) >= 11 is 0. The molecular weight excluding hydrogens is 256 g/mol. The Labute approximate surface area is 117 Å². The molecule has 2 rings (SSSR count). The van der Waals surface area contributed by atoms with E-state index in [2.05, 4.69) is 0 Å². The van der Waals surface area contributed by atoms with Crippen LogP contribution < -0.4 is 4.74 Å². The number of Topliss-reactive ketones (excluding diaryl/α,β-unsaturated/α-hetero) is 1. The molecule has 0 bridgehead atoms. The maximum Gasteiger partial charge on any atom is 0.197 e. The predicted octanol–water partition coefficient (Wildman–Crippen LogP) is 3.14. The molecule has 4 nitrogen and oxygen atoms in total. The van der Waals surface area contributed by atoms with Crippen LogP contribution in [0.3, 0.4) is 0 Å². The van der Waals surface area contributed by atoms with Crippen molar-refractivity contribution in [2.45, 2.75) is 19.4 Å². The van der Waals surface area contributed by atoms with Crippen LogP contribution in [0, 0.1) is 0 Å². The smallest absolute Gasteiger partial charge is 0.197 e. The van der Waals surface area contributed by atoms with Gasteiger partial charge in [-0.05, 0) is 38.1 Å².